The number of rotatable bonds is 14. The number of amides is 3. The van der Waals surface area contributed by atoms with E-state index in [-0.39, 0.29) is 17.8 Å². The molecule has 0 bridgehead atoms. The molecule has 1 aromatic heterocycles. The molecule has 12 heteroatoms. The van der Waals surface area contributed by atoms with Gasteiger partial charge in [-0.05, 0) is 98.7 Å². The number of hydrogen-bond acceptors (Lipinski definition) is 9. The van der Waals surface area contributed by atoms with E-state index in [4.69, 9.17) is 5.73 Å². The Labute approximate surface area is 319 Å². The molecule has 0 saturated heterocycles. The van der Waals surface area contributed by atoms with E-state index in [2.05, 4.69) is 57.3 Å². The summed E-state index contributed by atoms with van der Waals surface area (Å²) in [6.45, 7) is 10.9. The number of nitrogens with zero attached hydrogens (tertiary/aromatic N) is 4. The molecule has 2 aliphatic rings. The number of aromatic nitrogens is 1. The van der Waals surface area contributed by atoms with Crippen molar-refractivity contribution in [2.75, 3.05) is 38.6 Å². The first-order valence-electron chi connectivity index (χ1n) is 18.7. The lowest BCUT2D eigenvalue weighted by Crippen LogP contribution is -2.46. The van der Waals surface area contributed by atoms with Crippen LogP contribution in [0.25, 0.3) is 11.1 Å². The number of allylic oxidation sites excluding steroid dienone is 2. The van der Waals surface area contributed by atoms with Gasteiger partial charge in [0.05, 0.1) is 5.56 Å². The van der Waals surface area contributed by atoms with Gasteiger partial charge in [-0.3, -0.25) is 19.3 Å². The maximum Gasteiger partial charge on any atom is 0.268 e. The molecule has 288 valence electrons. The van der Waals surface area contributed by atoms with Crippen molar-refractivity contribution in [3.05, 3.63) is 113 Å². The van der Waals surface area contributed by atoms with E-state index in [9.17, 15) is 18.8 Å². The van der Waals surface area contributed by atoms with E-state index in [1.807, 2.05) is 52.8 Å². The third-order valence-corrected chi connectivity index (χ3v) is 9.39. The van der Waals surface area contributed by atoms with Crippen LogP contribution in [-0.2, 0) is 16.1 Å². The van der Waals surface area contributed by atoms with Gasteiger partial charge in [0.1, 0.15) is 17.3 Å². The van der Waals surface area contributed by atoms with Crippen molar-refractivity contribution < 1.29 is 18.8 Å². The van der Waals surface area contributed by atoms with Crippen molar-refractivity contribution in [1.82, 2.24) is 30.7 Å². The summed E-state index contributed by atoms with van der Waals surface area (Å²) in [5.41, 5.74) is 12.3. The minimum absolute atomic E-state index is 0.0303. The van der Waals surface area contributed by atoms with Gasteiger partial charge in [-0.2, -0.15) is 0 Å². The maximum absolute atomic E-state index is 14.1. The van der Waals surface area contributed by atoms with E-state index < -0.39 is 17.6 Å². The number of benzene rings is 2. The van der Waals surface area contributed by atoms with Gasteiger partial charge < -0.3 is 31.5 Å². The highest BCUT2D eigenvalue weighted by Crippen LogP contribution is 2.33. The zero-order chi connectivity index (χ0) is 39.2. The summed E-state index contributed by atoms with van der Waals surface area (Å²) in [5, 5.41) is 9.50. The number of carbonyl (C=O) groups is 3. The molecule has 1 aliphatic heterocycles. The molecule has 11 nitrogen and oxygen atoms in total. The van der Waals surface area contributed by atoms with Gasteiger partial charge in [0, 0.05) is 69.6 Å². The number of nitrogens with two attached hydrogens (primary N) is 1. The molecule has 0 spiro atoms. The molecule has 3 aromatic rings. The Morgan fingerprint density at radius 3 is 2.39 bits per heavy atom. The van der Waals surface area contributed by atoms with Crippen LogP contribution in [0.1, 0.15) is 66.6 Å². The molecule has 1 saturated carbocycles. The molecule has 54 heavy (non-hydrogen) atoms. The number of nitrogens with one attached hydrogen (secondary N) is 3. The summed E-state index contributed by atoms with van der Waals surface area (Å²) in [5.74, 6) is -0.841. The number of pyridine rings is 1. The van der Waals surface area contributed by atoms with Crippen LogP contribution < -0.4 is 26.6 Å². The fourth-order valence-electron chi connectivity index (χ4n) is 6.57. The Morgan fingerprint density at radius 1 is 1.00 bits per heavy atom. The van der Waals surface area contributed by atoms with Gasteiger partial charge in [-0.1, -0.05) is 50.3 Å². The second kappa shape index (κ2) is 20.2. The molecule has 2 aromatic carbocycles. The zero-order valence-electron chi connectivity index (χ0n) is 32.4. The summed E-state index contributed by atoms with van der Waals surface area (Å²) < 4.78 is 13.6. The first kappa shape index (κ1) is 41.4. The third kappa shape index (κ3) is 11.1. The Kier molecular flexibility index (Phi) is 15.5. The number of anilines is 2. The highest BCUT2D eigenvalue weighted by atomic mass is 19.1. The fraction of sp³-hybridized carbons (Fsp3) is 0.381. The Hall–Kier alpha value is -5.33. The topological polar surface area (TPSA) is 136 Å². The molecule has 0 unspecified atom stereocenters. The Morgan fingerprint density at radius 2 is 1.72 bits per heavy atom. The van der Waals surface area contributed by atoms with Crippen molar-refractivity contribution in [2.45, 2.75) is 72.0 Å². The van der Waals surface area contributed by atoms with E-state index in [1.54, 1.807) is 18.3 Å². The molecule has 0 radical (unpaired) electrons. The number of carbonyl (C=O) groups excluding carboxylic acids is 3. The largest absolute Gasteiger partial charge is 0.393 e. The van der Waals surface area contributed by atoms with Crippen LogP contribution in [0, 0.1) is 13.8 Å². The van der Waals surface area contributed by atoms with E-state index in [1.165, 1.54) is 33.8 Å². The van der Waals surface area contributed by atoms with Crippen molar-refractivity contribution >= 4 is 29.7 Å². The molecular weight excluding hydrogens is 684 g/mol. The van der Waals surface area contributed by atoms with E-state index in [0.29, 0.717) is 50.0 Å². The lowest BCUT2D eigenvalue weighted by Gasteiger charge is -2.34. The monoisotopic (exact) mass is 738 g/mol. The molecule has 0 atom stereocenters. The van der Waals surface area contributed by atoms with Gasteiger partial charge in [0.2, 0.25) is 6.41 Å². The van der Waals surface area contributed by atoms with Gasteiger partial charge in [-0.15, -0.1) is 0 Å². The molecule has 1 aliphatic carbocycles. The van der Waals surface area contributed by atoms with Crippen molar-refractivity contribution in [2.24, 2.45) is 5.73 Å². The summed E-state index contributed by atoms with van der Waals surface area (Å²) in [7, 11) is 3.81. The predicted molar refractivity (Wildman–Crippen MR) is 214 cm³/mol. The Bertz CT molecular complexity index is 1830. The Balaban J connectivity index is 0.00000319. The van der Waals surface area contributed by atoms with Crippen LogP contribution in [0.2, 0.25) is 0 Å². The highest BCUT2D eigenvalue weighted by Gasteiger charge is 2.32. The lowest BCUT2D eigenvalue weighted by molar-refractivity contribution is -0.120. The SMILES string of the molecule is CC.CNCCNCc1ccc(-c2cc(C)cc(N(C)c3ncc(C)cc3C(=O)N(C=O)C3CCC(NC(=O)/C(N)=C/N4C=C(F)C=CC4)CC3)c2)cc1. The van der Waals surface area contributed by atoms with Crippen LogP contribution >= 0.6 is 0 Å². The fourth-order valence-corrected chi connectivity index (χ4v) is 6.57. The van der Waals surface area contributed by atoms with E-state index >= 15 is 0 Å². The zero-order valence-corrected chi connectivity index (χ0v) is 32.4. The number of halogens is 1. The van der Waals surface area contributed by atoms with Crippen LogP contribution in [0.3, 0.4) is 0 Å². The molecule has 3 amide bonds. The molecule has 5 N–H and O–H groups in total. The average Bonchev–Trinajstić information content (AvgIpc) is 3.18. The summed E-state index contributed by atoms with van der Waals surface area (Å²) >= 11 is 0. The lowest BCUT2D eigenvalue weighted by atomic mass is 9.90. The summed E-state index contributed by atoms with van der Waals surface area (Å²) in [6, 6.07) is 16.0. The number of likely N-dealkylation sites (N-methyl/N-ethyl adjacent to an activating group) is 1. The second-order valence-electron chi connectivity index (χ2n) is 13.5. The first-order valence-corrected chi connectivity index (χ1v) is 18.7. The van der Waals surface area contributed by atoms with Crippen LogP contribution in [0.15, 0.2) is 90.8 Å². The second-order valence-corrected chi connectivity index (χ2v) is 13.5. The van der Waals surface area contributed by atoms with Gasteiger partial charge in [-0.25, -0.2) is 9.37 Å². The molecule has 1 fully saturated rings. The molecule has 2 heterocycles. The smallest absolute Gasteiger partial charge is 0.268 e. The number of imide groups is 1. The van der Waals surface area contributed by atoms with Gasteiger partial charge in [0.25, 0.3) is 11.8 Å². The van der Waals surface area contributed by atoms with Gasteiger partial charge in [0.15, 0.2) is 0 Å². The third-order valence-electron chi connectivity index (χ3n) is 9.39. The minimum atomic E-state index is -0.446. The molecule has 5 rings (SSSR count). The average molecular weight is 739 g/mol. The van der Waals surface area contributed by atoms with Gasteiger partial charge >= 0.3 is 0 Å². The summed E-state index contributed by atoms with van der Waals surface area (Å²) in [4.78, 5) is 48.7. The normalized spacial score (nSPS) is 16.8. The number of hydrogen-bond donors (Lipinski definition) is 4. The standard InChI is InChI=1S/C40H49FN8O3.C2H6/c1-27-18-31(30-9-7-29(8-10-30)23-44-16-15-43-3)21-35(19-27)47(4)38-36(20-28(2)22-45-38)40(52)49(26-50)34-13-11-33(12-14-34)46-39(51)37(42)25-48-17-5-6-32(41)24-48;1-2/h5-10,18-22,24-26,33-34,43-44H,11-17,23,42H2,1-4H3,(H,46,51);1-2H3/b37-25-;. The van der Waals surface area contributed by atoms with Crippen molar-refractivity contribution in [3.63, 3.8) is 0 Å². The van der Waals surface area contributed by atoms with E-state index in [0.717, 1.165) is 47.6 Å². The van der Waals surface area contributed by atoms with Crippen molar-refractivity contribution in [1.29, 1.82) is 0 Å². The van der Waals surface area contributed by atoms with Crippen LogP contribution in [0.4, 0.5) is 15.9 Å². The predicted octanol–water partition coefficient (Wildman–Crippen LogP) is 5.98. The van der Waals surface area contributed by atoms with Crippen LogP contribution in [-0.4, -0.2) is 78.8 Å². The van der Waals surface area contributed by atoms with Crippen molar-refractivity contribution in [3.8, 4) is 11.1 Å². The number of aryl methyl sites for hydroxylation is 2. The highest BCUT2D eigenvalue weighted by molar-refractivity contribution is 6.04. The molecular formula is C42H55FN8O3. The van der Waals surface area contributed by atoms with Crippen LogP contribution in [0.5, 0.6) is 0 Å². The minimum Gasteiger partial charge on any atom is -0.393 e. The summed E-state index contributed by atoms with van der Waals surface area (Å²) in [6.07, 6.45) is 10.1. The first-order chi connectivity index (χ1) is 26.1. The quantitative estimate of drug-likeness (QED) is 0.0896. The maximum atomic E-state index is 14.1.